The highest BCUT2D eigenvalue weighted by atomic mass is 16.5. The lowest BCUT2D eigenvalue weighted by Gasteiger charge is -2.50. The molecule has 0 radical (unpaired) electrons. The number of anilines is 1. The Morgan fingerprint density at radius 2 is 1.42 bits per heavy atom. The van der Waals surface area contributed by atoms with Gasteiger partial charge >= 0.3 is 0 Å². The Balaban J connectivity index is 1.38. The van der Waals surface area contributed by atoms with Crippen LogP contribution in [0.5, 0.6) is 5.75 Å². The van der Waals surface area contributed by atoms with E-state index < -0.39 is 0 Å². The standard InChI is InChI=1S/C34H27NO/c1-2-10-23(11-3-1)30-20-26-13-8-15-28-32(25-18-17-22-9-4-5-12-24(22)19-25)29-21-36-31-16-7-6-14-27(31)34(29)35(30)33(26)28/h1-19,29-30,32,34H,20-21H2/t29?,30-,32?,34?/m0/s1. The molecule has 5 aromatic rings. The normalized spacial score (nSPS) is 23.5. The molecule has 0 aliphatic carbocycles. The molecule has 0 spiro atoms. The molecule has 3 aliphatic heterocycles. The summed E-state index contributed by atoms with van der Waals surface area (Å²) in [6, 6.07) is 43.1. The minimum absolute atomic E-state index is 0.271. The van der Waals surface area contributed by atoms with Gasteiger partial charge in [-0.3, -0.25) is 0 Å². The molecule has 0 fully saturated rings. The highest BCUT2D eigenvalue weighted by Crippen LogP contribution is 2.60. The Hall–Kier alpha value is -4.04. The van der Waals surface area contributed by atoms with Crippen molar-refractivity contribution in [1.82, 2.24) is 0 Å². The number of rotatable bonds is 2. The lowest BCUT2D eigenvalue weighted by atomic mass is 9.70. The third-order valence-corrected chi connectivity index (χ3v) is 8.61. The van der Waals surface area contributed by atoms with Crippen LogP contribution in [-0.2, 0) is 6.42 Å². The van der Waals surface area contributed by atoms with Gasteiger partial charge in [0, 0.05) is 23.1 Å². The molecule has 36 heavy (non-hydrogen) atoms. The number of ether oxygens (including phenoxy) is 1. The number of para-hydroxylation sites is 2. The van der Waals surface area contributed by atoms with Crippen molar-refractivity contribution in [3.05, 3.63) is 143 Å². The van der Waals surface area contributed by atoms with Crippen LogP contribution in [0.15, 0.2) is 115 Å². The molecule has 0 bridgehead atoms. The first-order valence-corrected chi connectivity index (χ1v) is 13.0. The summed E-state index contributed by atoms with van der Waals surface area (Å²) in [5.74, 6) is 1.65. The lowest BCUT2D eigenvalue weighted by Crippen LogP contribution is -2.45. The van der Waals surface area contributed by atoms with Crippen LogP contribution in [0.1, 0.15) is 45.8 Å². The van der Waals surface area contributed by atoms with Gasteiger partial charge in [-0.15, -0.1) is 0 Å². The SMILES string of the molecule is c1ccc([C@@H]2Cc3cccc4c3N2C2c3ccccc3OCC2C4c2ccc3ccccc3c2)cc1. The highest BCUT2D eigenvalue weighted by Gasteiger charge is 2.51. The topological polar surface area (TPSA) is 12.5 Å². The summed E-state index contributed by atoms with van der Waals surface area (Å²) < 4.78 is 6.47. The number of hydrogen-bond acceptors (Lipinski definition) is 2. The van der Waals surface area contributed by atoms with E-state index in [1.165, 1.54) is 44.3 Å². The van der Waals surface area contributed by atoms with E-state index >= 15 is 0 Å². The van der Waals surface area contributed by atoms with E-state index in [1.807, 2.05) is 0 Å². The highest BCUT2D eigenvalue weighted by molar-refractivity contribution is 5.84. The smallest absolute Gasteiger partial charge is 0.124 e. The van der Waals surface area contributed by atoms with Gasteiger partial charge in [0.2, 0.25) is 0 Å². The third-order valence-electron chi connectivity index (χ3n) is 8.61. The monoisotopic (exact) mass is 465 g/mol. The molecule has 0 saturated heterocycles. The first kappa shape index (κ1) is 20.2. The molecule has 0 amide bonds. The molecule has 8 rings (SSSR count). The Labute approximate surface area is 211 Å². The molecule has 3 unspecified atom stereocenters. The molecule has 174 valence electrons. The predicted octanol–water partition coefficient (Wildman–Crippen LogP) is 7.84. The van der Waals surface area contributed by atoms with Crippen molar-refractivity contribution < 1.29 is 4.74 Å². The zero-order chi connectivity index (χ0) is 23.6. The molecule has 0 saturated carbocycles. The van der Waals surface area contributed by atoms with Crippen LogP contribution in [0.4, 0.5) is 5.69 Å². The minimum atomic E-state index is 0.271. The minimum Gasteiger partial charge on any atom is -0.493 e. The van der Waals surface area contributed by atoms with E-state index in [0.717, 1.165) is 18.8 Å². The largest absolute Gasteiger partial charge is 0.493 e. The van der Waals surface area contributed by atoms with E-state index in [1.54, 1.807) is 0 Å². The molecular formula is C34H27NO. The summed E-state index contributed by atoms with van der Waals surface area (Å²) in [6.07, 6.45) is 1.05. The molecule has 5 aromatic carbocycles. The average molecular weight is 466 g/mol. The quantitative estimate of drug-likeness (QED) is 0.263. The van der Waals surface area contributed by atoms with Gasteiger partial charge in [0.05, 0.1) is 18.7 Å². The summed E-state index contributed by atoms with van der Waals surface area (Å²) in [7, 11) is 0. The van der Waals surface area contributed by atoms with E-state index in [2.05, 4.69) is 120 Å². The van der Waals surface area contributed by atoms with E-state index in [0.29, 0.717) is 12.0 Å². The summed E-state index contributed by atoms with van der Waals surface area (Å²) in [4.78, 5) is 2.75. The van der Waals surface area contributed by atoms with Crippen LogP contribution in [0, 0.1) is 5.92 Å². The van der Waals surface area contributed by atoms with Gasteiger partial charge in [-0.25, -0.2) is 0 Å². The van der Waals surface area contributed by atoms with Crippen LogP contribution < -0.4 is 9.64 Å². The maximum atomic E-state index is 6.47. The fraction of sp³-hybridized carbons (Fsp3) is 0.176. The molecule has 3 aliphatic rings. The number of hydrogen-bond donors (Lipinski definition) is 0. The van der Waals surface area contributed by atoms with Crippen LogP contribution in [0.3, 0.4) is 0 Å². The van der Waals surface area contributed by atoms with Crippen molar-refractivity contribution in [1.29, 1.82) is 0 Å². The van der Waals surface area contributed by atoms with Crippen LogP contribution in [-0.4, -0.2) is 6.61 Å². The lowest BCUT2D eigenvalue weighted by molar-refractivity contribution is 0.166. The second-order valence-electron chi connectivity index (χ2n) is 10.4. The molecule has 2 nitrogen and oxygen atoms in total. The van der Waals surface area contributed by atoms with Gasteiger partial charge in [-0.05, 0) is 45.5 Å². The maximum absolute atomic E-state index is 6.47. The first-order chi connectivity index (χ1) is 17.9. The fourth-order valence-electron chi connectivity index (χ4n) is 7.15. The van der Waals surface area contributed by atoms with Crippen LogP contribution >= 0.6 is 0 Å². The van der Waals surface area contributed by atoms with Gasteiger partial charge < -0.3 is 9.64 Å². The first-order valence-electron chi connectivity index (χ1n) is 13.0. The Morgan fingerprint density at radius 1 is 0.639 bits per heavy atom. The number of fused-ring (bicyclic) bond motifs is 5. The van der Waals surface area contributed by atoms with Crippen molar-refractivity contribution in [3.63, 3.8) is 0 Å². The fourth-order valence-corrected chi connectivity index (χ4v) is 7.15. The van der Waals surface area contributed by atoms with Gasteiger partial charge in [-0.2, -0.15) is 0 Å². The van der Waals surface area contributed by atoms with Gasteiger partial charge in [0.15, 0.2) is 0 Å². The van der Waals surface area contributed by atoms with Crippen molar-refractivity contribution >= 4 is 16.5 Å². The summed E-state index contributed by atoms with van der Waals surface area (Å²) in [5, 5.41) is 2.60. The Kier molecular flexibility index (Phi) is 4.33. The molecule has 0 aromatic heterocycles. The molecule has 4 atom stereocenters. The molecule has 0 N–H and O–H groups in total. The van der Waals surface area contributed by atoms with Crippen LogP contribution in [0.2, 0.25) is 0 Å². The van der Waals surface area contributed by atoms with Crippen molar-refractivity contribution in [2.45, 2.75) is 24.4 Å². The van der Waals surface area contributed by atoms with E-state index in [9.17, 15) is 0 Å². The number of benzene rings is 5. The summed E-state index contributed by atoms with van der Waals surface area (Å²) in [6.45, 7) is 0.723. The zero-order valence-electron chi connectivity index (χ0n) is 20.0. The predicted molar refractivity (Wildman–Crippen MR) is 146 cm³/mol. The Bertz CT molecular complexity index is 1610. The second-order valence-corrected chi connectivity index (χ2v) is 10.4. The van der Waals surface area contributed by atoms with Gasteiger partial charge in [-0.1, -0.05) is 109 Å². The second kappa shape index (κ2) is 7.73. The van der Waals surface area contributed by atoms with E-state index in [4.69, 9.17) is 4.74 Å². The van der Waals surface area contributed by atoms with Crippen molar-refractivity contribution in [2.75, 3.05) is 11.5 Å². The van der Waals surface area contributed by atoms with Crippen molar-refractivity contribution in [3.8, 4) is 5.75 Å². The van der Waals surface area contributed by atoms with Gasteiger partial charge in [0.25, 0.3) is 0 Å². The molecule has 2 heteroatoms. The van der Waals surface area contributed by atoms with Crippen LogP contribution in [0.25, 0.3) is 10.8 Å². The van der Waals surface area contributed by atoms with Crippen molar-refractivity contribution in [2.24, 2.45) is 5.92 Å². The van der Waals surface area contributed by atoms with Gasteiger partial charge in [0.1, 0.15) is 5.75 Å². The van der Waals surface area contributed by atoms with E-state index in [-0.39, 0.29) is 12.0 Å². The average Bonchev–Trinajstić information content (AvgIpc) is 3.34. The maximum Gasteiger partial charge on any atom is 0.124 e. The summed E-state index contributed by atoms with van der Waals surface area (Å²) in [5.41, 5.74) is 8.47. The Morgan fingerprint density at radius 3 is 2.33 bits per heavy atom. The molecule has 3 heterocycles. The number of nitrogens with zero attached hydrogens (tertiary/aromatic N) is 1. The molecular weight excluding hydrogens is 438 g/mol. The summed E-state index contributed by atoms with van der Waals surface area (Å²) >= 11 is 0. The third kappa shape index (κ3) is 2.85. The zero-order valence-corrected chi connectivity index (χ0v) is 20.0.